The molecule has 0 unspecified atom stereocenters. The molecular weight excluding hydrogens is 326 g/mol. The number of urea groups is 1. The SMILES string of the molecule is N#Cc1cnc(Nc2cc(CN3CCN(C(N)=O)CC3)ccn2)s1. The number of aromatic nitrogens is 2. The molecule has 9 heteroatoms. The minimum Gasteiger partial charge on any atom is -0.351 e. The summed E-state index contributed by atoms with van der Waals surface area (Å²) in [5.74, 6) is 0.696. The number of nitrogens with zero attached hydrogens (tertiary/aromatic N) is 5. The second-order valence-electron chi connectivity index (χ2n) is 5.42. The molecule has 3 N–H and O–H groups in total. The molecule has 24 heavy (non-hydrogen) atoms. The molecule has 2 amide bonds. The number of nitrogens with one attached hydrogen (secondary N) is 1. The predicted octanol–water partition coefficient (Wildman–Crippen LogP) is 1.35. The average Bonchev–Trinajstić information content (AvgIpc) is 3.03. The highest BCUT2D eigenvalue weighted by Gasteiger charge is 2.19. The number of anilines is 2. The number of nitriles is 1. The van der Waals surface area contributed by atoms with Gasteiger partial charge >= 0.3 is 6.03 Å². The lowest BCUT2D eigenvalue weighted by atomic mass is 10.2. The van der Waals surface area contributed by atoms with Crippen LogP contribution in [0.2, 0.25) is 0 Å². The van der Waals surface area contributed by atoms with Gasteiger partial charge in [0.1, 0.15) is 16.8 Å². The number of hydrogen-bond acceptors (Lipinski definition) is 7. The molecule has 124 valence electrons. The molecule has 0 atom stereocenters. The Morgan fingerprint density at radius 1 is 1.38 bits per heavy atom. The Kier molecular flexibility index (Phi) is 4.88. The summed E-state index contributed by atoms with van der Waals surface area (Å²) < 4.78 is 0. The molecular formula is C15H17N7OS. The maximum absolute atomic E-state index is 11.1. The molecule has 2 aromatic rings. The highest BCUT2D eigenvalue weighted by Crippen LogP contribution is 2.21. The normalized spacial score (nSPS) is 15.0. The maximum Gasteiger partial charge on any atom is 0.314 e. The molecule has 0 aromatic carbocycles. The van der Waals surface area contributed by atoms with Crippen LogP contribution in [0, 0.1) is 11.3 Å². The molecule has 0 bridgehead atoms. The summed E-state index contributed by atoms with van der Waals surface area (Å²) in [6.07, 6.45) is 3.28. The third-order valence-electron chi connectivity index (χ3n) is 3.77. The van der Waals surface area contributed by atoms with Crippen molar-refractivity contribution in [3.05, 3.63) is 35.0 Å². The third-order valence-corrected chi connectivity index (χ3v) is 4.58. The fourth-order valence-electron chi connectivity index (χ4n) is 2.52. The zero-order valence-corrected chi connectivity index (χ0v) is 13.8. The molecule has 1 saturated heterocycles. The van der Waals surface area contributed by atoms with Gasteiger partial charge in [-0.25, -0.2) is 14.8 Å². The van der Waals surface area contributed by atoms with Crippen LogP contribution in [0.25, 0.3) is 0 Å². The van der Waals surface area contributed by atoms with Crippen LogP contribution in [0.3, 0.4) is 0 Å². The van der Waals surface area contributed by atoms with Crippen LogP contribution in [-0.4, -0.2) is 52.0 Å². The van der Waals surface area contributed by atoms with Crippen LogP contribution in [0.1, 0.15) is 10.4 Å². The van der Waals surface area contributed by atoms with Crippen molar-refractivity contribution in [1.29, 1.82) is 5.26 Å². The number of pyridine rings is 1. The Morgan fingerprint density at radius 3 is 2.83 bits per heavy atom. The fraction of sp³-hybridized carbons (Fsp3) is 0.333. The third kappa shape index (κ3) is 3.98. The summed E-state index contributed by atoms with van der Waals surface area (Å²) in [7, 11) is 0. The Bertz CT molecular complexity index is 761. The van der Waals surface area contributed by atoms with Crippen molar-refractivity contribution in [3.63, 3.8) is 0 Å². The lowest BCUT2D eigenvalue weighted by Gasteiger charge is -2.33. The number of piperazine rings is 1. The minimum atomic E-state index is -0.356. The van der Waals surface area contributed by atoms with Crippen LogP contribution in [-0.2, 0) is 6.54 Å². The first kappa shape index (κ1) is 16.2. The van der Waals surface area contributed by atoms with E-state index >= 15 is 0 Å². The lowest BCUT2D eigenvalue weighted by molar-refractivity contribution is 0.140. The largest absolute Gasteiger partial charge is 0.351 e. The van der Waals surface area contributed by atoms with Crippen molar-refractivity contribution in [2.75, 3.05) is 31.5 Å². The highest BCUT2D eigenvalue weighted by atomic mass is 32.1. The molecule has 0 radical (unpaired) electrons. The summed E-state index contributed by atoms with van der Waals surface area (Å²) in [5.41, 5.74) is 6.42. The van der Waals surface area contributed by atoms with E-state index in [1.807, 2.05) is 12.1 Å². The van der Waals surface area contributed by atoms with Crippen molar-refractivity contribution in [3.8, 4) is 6.07 Å². The van der Waals surface area contributed by atoms with Gasteiger partial charge in [0.15, 0.2) is 5.13 Å². The molecule has 1 fully saturated rings. The molecule has 1 aliphatic heterocycles. The summed E-state index contributed by atoms with van der Waals surface area (Å²) in [5, 5.41) is 12.6. The van der Waals surface area contributed by atoms with Gasteiger partial charge in [0, 0.05) is 38.9 Å². The van der Waals surface area contributed by atoms with Gasteiger partial charge in [-0.2, -0.15) is 5.26 Å². The van der Waals surface area contributed by atoms with E-state index in [1.165, 1.54) is 17.5 Å². The van der Waals surface area contributed by atoms with Crippen molar-refractivity contribution >= 4 is 28.3 Å². The quantitative estimate of drug-likeness (QED) is 0.867. The van der Waals surface area contributed by atoms with Crippen molar-refractivity contribution in [2.45, 2.75) is 6.54 Å². The van der Waals surface area contributed by atoms with Gasteiger partial charge in [0.05, 0.1) is 6.20 Å². The number of carbonyl (C=O) groups is 1. The van der Waals surface area contributed by atoms with E-state index in [2.05, 4.69) is 26.3 Å². The topological polar surface area (TPSA) is 111 Å². The van der Waals surface area contributed by atoms with Crippen LogP contribution in [0.5, 0.6) is 0 Å². The molecule has 2 aromatic heterocycles. The van der Waals surface area contributed by atoms with Gasteiger partial charge in [-0.05, 0) is 17.7 Å². The molecule has 1 aliphatic rings. The van der Waals surface area contributed by atoms with Crippen molar-refractivity contribution < 1.29 is 4.79 Å². The first-order chi connectivity index (χ1) is 11.6. The first-order valence-electron chi connectivity index (χ1n) is 7.48. The predicted molar refractivity (Wildman–Crippen MR) is 90.8 cm³/mol. The van der Waals surface area contributed by atoms with Crippen LogP contribution in [0.15, 0.2) is 24.5 Å². The maximum atomic E-state index is 11.1. The molecule has 0 saturated carbocycles. The zero-order valence-electron chi connectivity index (χ0n) is 13.0. The van der Waals surface area contributed by atoms with Crippen LogP contribution >= 0.6 is 11.3 Å². The van der Waals surface area contributed by atoms with Gasteiger partial charge < -0.3 is 16.0 Å². The molecule has 8 nitrogen and oxygen atoms in total. The molecule has 0 aliphatic carbocycles. The number of nitrogens with two attached hydrogens (primary N) is 1. The van der Waals surface area contributed by atoms with Crippen molar-refractivity contribution in [2.24, 2.45) is 5.73 Å². The Hall–Kier alpha value is -2.70. The van der Waals surface area contributed by atoms with E-state index in [1.54, 1.807) is 11.1 Å². The van der Waals surface area contributed by atoms with Gasteiger partial charge in [0.2, 0.25) is 0 Å². The number of hydrogen-bond donors (Lipinski definition) is 2. The number of amides is 2. The fourth-order valence-corrected chi connectivity index (χ4v) is 3.14. The lowest BCUT2D eigenvalue weighted by Crippen LogP contribution is -2.50. The number of carbonyl (C=O) groups excluding carboxylic acids is 1. The molecule has 3 heterocycles. The van der Waals surface area contributed by atoms with E-state index in [0.29, 0.717) is 28.9 Å². The second-order valence-corrected chi connectivity index (χ2v) is 6.45. The van der Waals surface area contributed by atoms with Crippen LogP contribution < -0.4 is 11.1 Å². The van der Waals surface area contributed by atoms with E-state index in [0.717, 1.165) is 25.2 Å². The number of thiazole rings is 1. The summed E-state index contributed by atoms with van der Waals surface area (Å²) in [4.78, 5) is 24.1. The first-order valence-corrected chi connectivity index (χ1v) is 8.30. The average molecular weight is 343 g/mol. The molecule has 3 rings (SSSR count). The van der Waals surface area contributed by atoms with Crippen molar-refractivity contribution in [1.82, 2.24) is 19.8 Å². The Morgan fingerprint density at radius 2 is 2.17 bits per heavy atom. The number of primary amides is 1. The Balaban J connectivity index is 1.59. The smallest absolute Gasteiger partial charge is 0.314 e. The zero-order chi connectivity index (χ0) is 16.9. The van der Waals surface area contributed by atoms with E-state index < -0.39 is 0 Å². The second kappa shape index (κ2) is 7.25. The summed E-state index contributed by atoms with van der Waals surface area (Å²) in [6.45, 7) is 3.69. The van der Waals surface area contributed by atoms with E-state index in [9.17, 15) is 4.79 Å². The standard InChI is InChI=1S/C15H17N7OS/c16-8-12-9-19-15(24-12)20-13-7-11(1-2-18-13)10-21-3-5-22(6-4-21)14(17)23/h1-2,7,9H,3-6,10H2,(H2,17,23)(H,18,19,20). The number of rotatable bonds is 4. The van der Waals surface area contributed by atoms with E-state index in [4.69, 9.17) is 11.0 Å². The van der Waals surface area contributed by atoms with Gasteiger partial charge in [0.25, 0.3) is 0 Å². The van der Waals surface area contributed by atoms with E-state index in [-0.39, 0.29) is 6.03 Å². The summed E-state index contributed by atoms with van der Waals surface area (Å²) >= 11 is 1.29. The van der Waals surface area contributed by atoms with Crippen LogP contribution in [0.4, 0.5) is 15.7 Å². The monoisotopic (exact) mass is 343 g/mol. The molecule has 0 spiro atoms. The van der Waals surface area contributed by atoms with Gasteiger partial charge in [-0.15, -0.1) is 0 Å². The summed E-state index contributed by atoms with van der Waals surface area (Å²) in [6, 6.07) is 5.64. The Labute approximate surface area is 143 Å². The highest BCUT2D eigenvalue weighted by molar-refractivity contribution is 7.16. The minimum absolute atomic E-state index is 0.356. The van der Waals surface area contributed by atoms with Gasteiger partial charge in [-0.3, -0.25) is 4.90 Å². The van der Waals surface area contributed by atoms with Gasteiger partial charge in [-0.1, -0.05) is 11.3 Å².